The van der Waals surface area contributed by atoms with E-state index in [9.17, 15) is 4.39 Å². The minimum atomic E-state index is -0.308. The van der Waals surface area contributed by atoms with Gasteiger partial charge in [0.05, 0.1) is 11.6 Å². The predicted octanol–water partition coefficient (Wildman–Crippen LogP) is 4.42. The smallest absolute Gasteiger partial charge is 0.141 e. The minimum Gasteiger partial charge on any atom is -0.496 e. The van der Waals surface area contributed by atoms with E-state index >= 15 is 0 Å². The third kappa shape index (κ3) is 2.60. The van der Waals surface area contributed by atoms with Crippen LogP contribution in [0.15, 0.2) is 16.6 Å². The number of halogens is 2. The van der Waals surface area contributed by atoms with Crippen molar-refractivity contribution >= 4 is 15.9 Å². The number of methoxy groups -OCH3 is 1. The second-order valence-corrected chi connectivity index (χ2v) is 7.14. The maximum atomic E-state index is 13.6. The van der Waals surface area contributed by atoms with Crippen molar-refractivity contribution in [2.75, 3.05) is 7.11 Å². The predicted molar refractivity (Wildman–Crippen MR) is 81.1 cm³/mol. The minimum absolute atomic E-state index is 0.0776. The van der Waals surface area contributed by atoms with E-state index < -0.39 is 0 Å². The van der Waals surface area contributed by atoms with Crippen molar-refractivity contribution in [2.45, 2.75) is 38.1 Å². The zero-order chi connectivity index (χ0) is 14.3. The first-order valence-electron chi connectivity index (χ1n) is 7.37. The lowest BCUT2D eigenvalue weighted by molar-refractivity contribution is 0.293. The van der Waals surface area contributed by atoms with Gasteiger partial charge in [-0.15, -0.1) is 0 Å². The molecule has 2 nitrogen and oxygen atoms in total. The van der Waals surface area contributed by atoms with E-state index in [1.54, 1.807) is 13.2 Å². The number of ether oxygens (including phenoxy) is 1. The summed E-state index contributed by atoms with van der Waals surface area (Å²) in [6.45, 7) is 0. The molecule has 3 rings (SSSR count). The van der Waals surface area contributed by atoms with Gasteiger partial charge in [-0.25, -0.2) is 4.39 Å². The van der Waals surface area contributed by atoms with Crippen molar-refractivity contribution in [1.29, 1.82) is 0 Å². The quantitative estimate of drug-likeness (QED) is 0.879. The van der Waals surface area contributed by atoms with Crippen LogP contribution < -0.4 is 10.5 Å². The van der Waals surface area contributed by atoms with Crippen LogP contribution in [0.25, 0.3) is 0 Å². The van der Waals surface area contributed by atoms with Crippen LogP contribution in [0.2, 0.25) is 0 Å². The maximum Gasteiger partial charge on any atom is 0.141 e. The first-order chi connectivity index (χ1) is 9.58. The highest BCUT2D eigenvalue weighted by molar-refractivity contribution is 9.10. The van der Waals surface area contributed by atoms with Gasteiger partial charge in [-0.3, -0.25) is 0 Å². The third-order valence-electron chi connectivity index (χ3n) is 5.11. The van der Waals surface area contributed by atoms with Crippen LogP contribution in [-0.4, -0.2) is 7.11 Å². The largest absolute Gasteiger partial charge is 0.496 e. The van der Waals surface area contributed by atoms with E-state index in [4.69, 9.17) is 10.5 Å². The zero-order valence-electron chi connectivity index (χ0n) is 11.7. The Morgan fingerprint density at radius 3 is 2.80 bits per heavy atom. The van der Waals surface area contributed by atoms with Gasteiger partial charge in [0.25, 0.3) is 0 Å². The lowest BCUT2D eigenvalue weighted by atomic mass is 9.83. The fourth-order valence-electron chi connectivity index (χ4n) is 4.13. The van der Waals surface area contributed by atoms with Crippen molar-refractivity contribution in [2.24, 2.45) is 23.5 Å². The lowest BCUT2D eigenvalue weighted by Gasteiger charge is -2.25. The number of benzene rings is 1. The van der Waals surface area contributed by atoms with Crippen molar-refractivity contribution in [1.82, 2.24) is 0 Å². The van der Waals surface area contributed by atoms with E-state index in [1.807, 2.05) is 0 Å². The summed E-state index contributed by atoms with van der Waals surface area (Å²) in [4.78, 5) is 0. The van der Waals surface area contributed by atoms with E-state index in [2.05, 4.69) is 15.9 Å². The number of rotatable bonds is 4. The standard InChI is InChI=1S/C16H21BrFNO/c1-20-16-8-14(18)13(17)7-12(16)15(19)6-11-5-9-2-3-10(11)4-9/h7-11,15H,2-6,19H2,1H3. The van der Waals surface area contributed by atoms with Gasteiger partial charge in [0.15, 0.2) is 0 Å². The normalized spacial score (nSPS) is 29.7. The highest BCUT2D eigenvalue weighted by Gasteiger charge is 2.40. The summed E-state index contributed by atoms with van der Waals surface area (Å²) in [7, 11) is 1.57. The molecule has 1 aromatic carbocycles. The second kappa shape index (κ2) is 5.64. The molecule has 0 aromatic heterocycles. The molecule has 2 N–H and O–H groups in total. The SMILES string of the molecule is COc1cc(F)c(Br)cc1C(N)CC1CC2CCC1C2. The monoisotopic (exact) mass is 341 g/mol. The number of hydrogen-bond donors (Lipinski definition) is 1. The second-order valence-electron chi connectivity index (χ2n) is 6.29. The molecule has 2 bridgehead atoms. The van der Waals surface area contributed by atoms with Crippen molar-refractivity contribution in [3.8, 4) is 5.75 Å². The number of nitrogens with two attached hydrogens (primary N) is 1. The van der Waals surface area contributed by atoms with Crippen LogP contribution >= 0.6 is 15.9 Å². The van der Waals surface area contributed by atoms with Crippen LogP contribution in [0, 0.1) is 23.6 Å². The molecule has 2 aliphatic rings. The van der Waals surface area contributed by atoms with Gasteiger partial charge in [0.1, 0.15) is 11.6 Å². The summed E-state index contributed by atoms with van der Waals surface area (Å²) < 4.78 is 19.3. The van der Waals surface area contributed by atoms with Crippen molar-refractivity contribution in [3.05, 3.63) is 28.0 Å². The topological polar surface area (TPSA) is 35.2 Å². The Kier molecular flexibility index (Phi) is 4.04. The molecule has 4 heteroatoms. The molecule has 0 heterocycles. The zero-order valence-corrected chi connectivity index (χ0v) is 13.3. The Balaban J connectivity index is 1.76. The molecule has 2 fully saturated rings. The highest BCUT2D eigenvalue weighted by atomic mass is 79.9. The van der Waals surface area contributed by atoms with E-state index in [0.29, 0.717) is 10.2 Å². The molecule has 4 unspecified atom stereocenters. The molecular weight excluding hydrogens is 321 g/mol. The Bertz CT molecular complexity index is 507. The van der Waals surface area contributed by atoms with E-state index in [0.717, 1.165) is 29.7 Å². The number of hydrogen-bond acceptors (Lipinski definition) is 2. The summed E-state index contributed by atoms with van der Waals surface area (Å²) in [5.41, 5.74) is 7.28. The Hall–Kier alpha value is -0.610. The summed E-state index contributed by atoms with van der Waals surface area (Å²) in [5.74, 6) is 2.77. The van der Waals surface area contributed by atoms with Crippen molar-refractivity contribution in [3.63, 3.8) is 0 Å². The molecule has 0 amide bonds. The summed E-state index contributed by atoms with van der Waals surface area (Å²) in [6, 6.07) is 3.11. The number of fused-ring (bicyclic) bond motifs is 2. The Labute approximate surface area is 128 Å². The van der Waals surface area contributed by atoms with Crippen LogP contribution in [0.3, 0.4) is 0 Å². The highest BCUT2D eigenvalue weighted by Crippen LogP contribution is 2.51. The third-order valence-corrected chi connectivity index (χ3v) is 5.72. The van der Waals surface area contributed by atoms with Gasteiger partial charge in [0, 0.05) is 17.7 Å². The molecule has 0 aliphatic heterocycles. The molecule has 1 aromatic rings. The van der Waals surface area contributed by atoms with Crippen LogP contribution in [0.4, 0.5) is 4.39 Å². The van der Waals surface area contributed by atoms with Crippen LogP contribution in [0.1, 0.15) is 43.7 Å². The van der Waals surface area contributed by atoms with Gasteiger partial charge < -0.3 is 10.5 Å². The molecule has 2 saturated carbocycles. The van der Waals surface area contributed by atoms with E-state index in [-0.39, 0.29) is 11.9 Å². The first kappa shape index (κ1) is 14.3. The molecule has 0 radical (unpaired) electrons. The molecular formula is C16H21BrFNO. The molecule has 110 valence electrons. The first-order valence-corrected chi connectivity index (χ1v) is 8.16. The van der Waals surface area contributed by atoms with Gasteiger partial charge in [-0.1, -0.05) is 6.42 Å². The van der Waals surface area contributed by atoms with Gasteiger partial charge in [-0.05, 0) is 65.4 Å². The van der Waals surface area contributed by atoms with E-state index in [1.165, 1.54) is 31.7 Å². The average molecular weight is 342 g/mol. The molecule has 0 spiro atoms. The van der Waals surface area contributed by atoms with Crippen LogP contribution in [0.5, 0.6) is 5.75 Å². The fraction of sp³-hybridized carbons (Fsp3) is 0.625. The molecule has 2 aliphatic carbocycles. The lowest BCUT2D eigenvalue weighted by Crippen LogP contribution is -2.20. The summed E-state index contributed by atoms with van der Waals surface area (Å²) in [6.07, 6.45) is 6.47. The summed E-state index contributed by atoms with van der Waals surface area (Å²) >= 11 is 3.24. The summed E-state index contributed by atoms with van der Waals surface area (Å²) in [5, 5.41) is 0. The average Bonchev–Trinajstić information content (AvgIpc) is 3.03. The molecule has 0 saturated heterocycles. The van der Waals surface area contributed by atoms with Gasteiger partial charge in [0.2, 0.25) is 0 Å². The fourth-order valence-corrected chi connectivity index (χ4v) is 4.49. The molecule has 4 atom stereocenters. The van der Waals surface area contributed by atoms with Crippen molar-refractivity contribution < 1.29 is 9.13 Å². The molecule has 20 heavy (non-hydrogen) atoms. The Morgan fingerprint density at radius 1 is 1.40 bits per heavy atom. The Morgan fingerprint density at radius 2 is 2.20 bits per heavy atom. The van der Waals surface area contributed by atoms with Gasteiger partial charge in [-0.2, -0.15) is 0 Å². The van der Waals surface area contributed by atoms with Crippen LogP contribution in [-0.2, 0) is 0 Å². The maximum absolute atomic E-state index is 13.6. The van der Waals surface area contributed by atoms with Gasteiger partial charge >= 0.3 is 0 Å².